The van der Waals surface area contributed by atoms with Crippen LogP contribution in [-0.2, 0) is 9.09 Å². The SMILES string of the molecule is CC(C)O[P+](=O)C(C)(C)C.[AlH3]. The van der Waals surface area contributed by atoms with E-state index in [1.54, 1.807) is 0 Å². The van der Waals surface area contributed by atoms with Gasteiger partial charge in [0.05, 0.1) is 0 Å². The van der Waals surface area contributed by atoms with Crippen LogP contribution in [-0.4, -0.2) is 28.6 Å². The maximum absolute atomic E-state index is 11.2. The molecule has 66 valence electrons. The second-order valence-electron chi connectivity index (χ2n) is 3.58. The monoisotopic (exact) mass is 193 g/mol. The summed E-state index contributed by atoms with van der Waals surface area (Å²) >= 11 is 0. The average Bonchev–Trinajstić information content (AvgIpc) is 1.60. The largest absolute Gasteiger partial charge is 0.513 e. The molecule has 4 heteroatoms. The maximum atomic E-state index is 11.2. The van der Waals surface area contributed by atoms with Gasteiger partial charge in [0.25, 0.3) is 0 Å². The van der Waals surface area contributed by atoms with E-state index in [1.165, 1.54) is 0 Å². The van der Waals surface area contributed by atoms with Crippen molar-refractivity contribution >= 4 is 25.4 Å². The van der Waals surface area contributed by atoms with E-state index in [0.29, 0.717) is 0 Å². The molecule has 0 rings (SSSR count). The van der Waals surface area contributed by atoms with E-state index in [9.17, 15) is 4.57 Å². The van der Waals surface area contributed by atoms with Crippen molar-refractivity contribution in [3.05, 3.63) is 0 Å². The van der Waals surface area contributed by atoms with E-state index < -0.39 is 8.03 Å². The summed E-state index contributed by atoms with van der Waals surface area (Å²) in [6.07, 6.45) is 0.0582. The third-order valence-corrected chi connectivity index (χ3v) is 2.56. The third-order valence-electron chi connectivity index (χ3n) is 0.854. The summed E-state index contributed by atoms with van der Waals surface area (Å²) in [5, 5.41) is -0.223. The fourth-order valence-corrected chi connectivity index (χ4v) is 1.05. The lowest BCUT2D eigenvalue weighted by atomic mass is 10.3. The van der Waals surface area contributed by atoms with Crippen molar-refractivity contribution in [3.8, 4) is 0 Å². The molecule has 0 fully saturated rings. The molecule has 0 spiro atoms. The highest BCUT2D eigenvalue weighted by atomic mass is 31.1. The summed E-state index contributed by atoms with van der Waals surface area (Å²) < 4.78 is 16.3. The smallest absolute Gasteiger partial charge is 0.143 e. The van der Waals surface area contributed by atoms with E-state index >= 15 is 0 Å². The zero-order chi connectivity index (χ0) is 8.36. The molecule has 0 bridgehead atoms. The predicted octanol–water partition coefficient (Wildman–Crippen LogP) is 1.77. The Kier molecular flexibility index (Phi) is 6.78. The lowest BCUT2D eigenvalue weighted by Crippen LogP contribution is -2.10. The van der Waals surface area contributed by atoms with Gasteiger partial charge in [0.1, 0.15) is 6.10 Å². The number of hydrogen-bond acceptors (Lipinski definition) is 2. The van der Waals surface area contributed by atoms with Gasteiger partial charge < -0.3 is 0 Å². The molecule has 0 radical (unpaired) electrons. The molecular formula is C7H19AlO2P+. The number of hydrogen-bond donors (Lipinski definition) is 0. The Labute approximate surface area is 80.7 Å². The molecule has 1 atom stereocenters. The molecule has 1 unspecified atom stereocenters. The van der Waals surface area contributed by atoms with Crippen LogP contribution in [0, 0.1) is 0 Å². The molecular weight excluding hydrogens is 174 g/mol. The molecule has 0 amide bonds. The van der Waals surface area contributed by atoms with Gasteiger partial charge in [-0.3, -0.25) is 0 Å². The second kappa shape index (κ2) is 5.28. The van der Waals surface area contributed by atoms with Crippen LogP contribution >= 0.6 is 8.03 Å². The third kappa shape index (κ3) is 6.97. The highest BCUT2D eigenvalue weighted by molar-refractivity contribution is 7.41. The summed E-state index contributed by atoms with van der Waals surface area (Å²) in [6.45, 7) is 9.51. The quantitative estimate of drug-likeness (QED) is 0.493. The van der Waals surface area contributed by atoms with Gasteiger partial charge in [-0.05, 0) is 39.2 Å². The van der Waals surface area contributed by atoms with Crippen molar-refractivity contribution in [3.63, 3.8) is 0 Å². The van der Waals surface area contributed by atoms with Crippen molar-refractivity contribution in [1.29, 1.82) is 0 Å². The lowest BCUT2D eigenvalue weighted by Gasteiger charge is -2.04. The van der Waals surface area contributed by atoms with Gasteiger partial charge in [0, 0.05) is 0 Å². The zero-order valence-electron chi connectivity index (χ0n) is 7.34. The van der Waals surface area contributed by atoms with Gasteiger partial charge in [-0.15, -0.1) is 4.52 Å². The Hall–Kier alpha value is 0.592. The van der Waals surface area contributed by atoms with Crippen LogP contribution in [0.15, 0.2) is 0 Å². The first-order chi connectivity index (χ1) is 4.34. The van der Waals surface area contributed by atoms with E-state index in [0.717, 1.165) is 0 Å². The van der Waals surface area contributed by atoms with Crippen molar-refractivity contribution in [2.24, 2.45) is 0 Å². The molecule has 0 aliphatic carbocycles. The van der Waals surface area contributed by atoms with Crippen LogP contribution in [0.1, 0.15) is 34.6 Å². The Balaban J connectivity index is 0. The molecule has 0 heterocycles. The molecule has 0 N–H and O–H groups in total. The van der Waals surface area contributed by atoms with Gasteiger partial charge in [0.15, 0.2) is 22.5 Å². The molecule has 0 saturated carbocycles. The van der Waals surface area contributed by atoms with E-state index in [-0.39, 0.29) is 28.6 Å². The van der Waals surface area contributed by atoms with Crippen LogP contribution in [0.3, 0.4) is 0 Å². The molecule has 0 aliphatic rings. The minimum absolute atomic E-state index is 0. The Morgan fingerprint density at radius 1 is 1.27 bits per heavy atom. The first-order valence-corrected chi connectivity index (χ1v) is 4.66. The average molecular weight is 193 g/mol. The van der Waals surface area contributed by atoms with Gasteiger partial charge in [0.2, 0.25) is 0 Å². The van der Waals surface area contributed by atoms with Gasteiger partial charge in [-0.1, -0.05) is 0 Å². The molecule has 0 saturated heterocycles. The van der Waals surface area contributed by atoms with Crippen molar-refractivity contribution in [1.82, 2.24) is 0 Å². The first kappa shape index (κ1) is 14.1. The standard InChI is InChI=1S/C7H16O2P.Al.3H/c1-6(2)9-10(8)7(3,4)5;;;;/h6H,1-5H3;;;;/q+1;;;;. The van der Waals surface area contributed by atoms with Crippen molar-refractivity contribution in [2.45, 2.75) is 45.9 Å². The Bertz CT molecular complexity index is 129. The molecule has 0 aromatic rings. The molecule has 0 aliphatic heterocycles. The molecule has 2 nitrogen and oxygen atoms in total. The van der Waals surface area contributed by atoms with Crippen LogP contribution < -0.4 is 0 Å². The summed E-state index contributed by atoms with van der Waals surface area (Å²) in [7, 11) is -1.51. The fraction of sp³-hybridized carbons (Fsp3) is 1.00. The van der Waals surface area contributed by atoms with Crippen LogP contribution in [0.25, 0.3) is 0 Å². The van der Waals surface area contributed by atoms with Gasteiger partial charge >= 0.3 is 8.03 Å². The van der Waals surface area contributed by atoms with Crippen LogP contribution in [0.2, 0.25) is 0 Å². The topological polar surface area (TPSA) is 26.3 Å². The van der Waals surface area contributed by atoms with Crippen molar-refractivity contribution < 1.29 is 9.09 Å². The minimum Gasteiger partial charge on any atom is -0.143 e. The summed E-state index contributed by atoms with van der Waals surface area (Å²) in [6, 6.07) is 0. The summed E-state index contributed by atoms with van der Waals surface area (Å²) in [5.74, 6) is 0. The Morgan fingerprint density at radius 2 is 1.64 bits per heavy atom. The Morgan fingerprint density at radius 3 is 1.73 bits per heavy atom. The zero-order valence-corrected chi connectivity index (χ0v) is 8.24. The molecule has 0 aromatic carbocycles. The number of rotatable bonds is 2. The van der Waals surface area contributed by atoms with Gasteiger partial charge in [-0.2, -0.15) is 0 Å². The van der Waals surface area contributed by atoms with Crippen LogP contribution in [0.5, 0.6) is 0 Å². The highest BCUT2D eigenvalue weighted by Crippen LogP contribution is 2.39. The highest BCUT2D eigenvalue weighted by Gasteiger charge is 2.37. The maximum Gasteiger partial charge on any atom is 0.513 e. The first-order valence-electron chi connectivity index (χ1n) is 3.48. The van der Waals surface area contributed by atoms with E-state index in [4.69, 9.17) is 4.52 Å². The minimum atomic E-state index is -1.51. The normalized spacial score (nSPS) is 12.7. The molecule has 0 aromatic heterocycles. The van der Waals surface area contributed by atoms with Gasteiger partial charge in [-0.25, -0.2) is 0 Å². The summed E-state index contributed by atoms with van der Waals surface area (Å²) in [5.41, 5.74) is 0. The molecule has 11 heavy (non-hydrogen) atoms. The van der Waals surface area contributed by atoms with Crippen LogP contribution in [0.4, 0.5) is 0 Å². The lowest BCUT2D eigenvalue weighted by molar-refractivity contribution is 0.247. The fourth-order valence-electron chi connectivity index (χ4n) is 0.350. The summed E-state index contributed by atoms with van der Waals surface area (Å²) in [4.78, 5) is 0. The van der Waals surface area contributed by atoms with Crippen molar-refractivity contribution in [2.75, 3.05) is 0 Å². The van der Waals surface area contributed by atoms with E-state index in [1.807, 2.05) is 34.6 Å². The predicted molar refractivity (Wildman–Crippen MR) is 53.5 cm³/mol. The van der Waals surface area contributed by atoms with E-state index in [2.05, 4.69) is 0 Å². The second-order valence-corrected chi connectivity index (χ2v) is 5.65.